The van der Waals surface area contributed by atoms with Crippen LogP contribution in [0.4, 0.5) is 11.4 Å². The number of nitrogens with zero attached hydrogens (tertiary/aromatic N) is 1. The van der Waals surface area contributed by atoms with Gasteiger partial charge in [-0.1, -0.05) is 18.2 Å². The largest absolute Gasteiger partial charge is 0.478 e. The van der Waals surface area contributed by atoms with Gasteiger partial charge in [-0.3, -0.25) is 0 Å². The van der Waals surface area contributed by atoms with Crippen LogP contribution in [0.1, 0.15) is 22.8 Å². The first-order valence-corrected chi connectivity index (χ1v) is 6.30. The van der Waals surface area contributed by atoms with Crippen LogP contribution in [0.5, 0.6) is 0 Å². The zero-order valence-corrected chi connectivity index (χ0v) is 11.1. The van der Waals surface area contributed by atoms with Gasteiger partial charge in [-0.05, 0) is 49.7 Å². The van der Waals surface area contributed by atoms with Crippen LogP contribution < -0.4 is 4.90 Å². The first kappa shape index (κ1) is 13.1. The highest BCUT2D eigenvalue weighted by atomic mass is 16.4. The van der Waals surface area contributed by atoms with Gasteiger partial charge < -0.3 is 10.0 Å². The molecule has 1 N–H and O–H groups in total. The molecule has 2 rings (SSSR count). The molecule has 0 heterocycles. The van der Waals surface area contributed by atoms with Gasteiger partial charge in [-0.25, -0.2) is 4.79 Å². The minimum absolute atomic E-state index is 0.355. The normalized spacial score (nSPS) is 10.2. The van der Waals surface area contributed by atoms with Gasteiger partial charge in [-0.2, -0.15) is 0 Å². The Kier molecular flexibility index (Phi) is 3.85. The summed E-state index contributed by atoms with van der Waals surface area (Å²) in [6.07, 6.45) is 0. The van der Waals surface area contributed by atoms with Gasteiger partial charge in [0.15, 0.2) is 0 Å². The third-order valence-corrected chi connectivity index (χ3v) is 3.14. The number of benzene rings is 2. The molecular weight excluding hydrogens is 238 g/mol. The lowest BCUT2D eigenvalue weighted by Gasteiger charge is -2.24. The van der Waals surface area contributed by atoms with E-state index >= 15 is 0 Å². The average molecular weight is 255 g/mol. The first-order valence-electron chi connectivity index (χ1n) is 6.30. The van der Waals surface area contributed by atoms with E-state index in [2.05, 4.69) is 11.8 Å². The summed E-state index contributed by atoms with van der Waals surface area (Å²) >= 11 is 0. The predicted molar refractivity (Wildman–Crippen MR) is 77.3 cm³/mol. The number of carboxylic acid groups (broad SMARTS) is 1. The molecule has 3 heteroatoms. The third-order valence-electron chi connectivity index (χ3n) is 3.14. The number of para-hydroxylation sites is 1. The van der Waals surface area contributed by atoms with E-state index in [1.807, 2.05) is 49.4 Å². The van der Waals surface area contributed by atoms with Crippen LogP contribution in [0.3, 0.4) is 0 Å². The Bertz CT molecular complexity index is 579. The zero-order chi connectivity index (χ0) is 13.8. The quantitative estimate of drug-likeness (QED) is 0.902. The fourth-order valence-corrected chi connectivity index (χ4v) is 2.18. The molecular formula is C16H17NO2. The fourth-order valence-electron chi connectivity index (χ4n) is 2.18. The van der Waals surface area contributed by atoms with E-state index in [0.717, 1.165) is 23.5 Å². The van der Waals surface area contributed by atoms with E-state index in [4.69, 9.17) is 5.11 Å². The molecule has 19 heavy (non-hydrogen) atoms. The van der Waals surface area contributed by atoms with Gasteiger partial charge in [-0.15, -0.1) is 0 Å². The predicted octanol–water partition coefficient (Wildman–Crippen LogP) is 3.85. The first-order chi connectivity index (χ1) is 9.13. The minimum atomic E-state index is -0.883. The van der Waals surface area contributed by atoms with Crippen LogP contribution in [0.15, 0.2) is 48.5 Å². The summed E-state index contributed by atoms with van der Waals surface area (Å²) in [5, 5.41) is 9.06. The number of carbonyl (C=O) groups is 1. The Balaban J connectivity index is 2.40. The van der Waals surface area contributed by atoms with Crippen molar-refractivity contribution in [3.8, 4) is 0 Å². The van der Waals surface area contributed by atoms with Crippen molar-refractivity contribution in [3.63, 3.8) is 0 Å². The number of hydrogen-bond acceptors (Lipinski definition) is 2. The Morgan fingerprint density at radius 2 is 1.79 bits per heavy atom. The maximum absolute atomic E-state index is 11.0. The number of anilines is 2. The van der Waals surface area contributed by atoms with Crippen molar-refractivity contribution in [2.45, 2.75) is 13.8 Å². The van der Waals surface area contributed by atoms with Crippen LogP contribution in [-0.2, 0) is 0 Å². The fraction of sp³-hybridized carbons (Fsp3) is 0.188. The molecule has 0 aliphatic rings. The van der Waals surface area contributed by atoms with Crippen LogP contribution in [-0.4, -0.2) is 17.6 Å². The average Bonchev–Trinajstić information content (AvgIpc) is 2.40. The summed E-state index contributed by atoms with van der Waals surface area (Å²) in [7, 11) is 0. The zero-order valence-electron chi connectivity index (χ0n) is 11.1. The summed E-state index contributed by atoms with van der Waals surface area (Å²) < 4.78 is 0. The Morgan fingerprint density at radius 1 is 1.11 bits per heavy atom. The number of rotatable bonds is 4. The van der Waals surface area contributed by atoms with Crippen LogP contribution in [0.2, 0.25) is 0 Å². The van der Waals surface area contributed by atoms with Gasteiger partial charge in [0.25, 0.3) is 0 Å². The number of aromatic carboxylic acids is 1. The number of hydrogen-bond donors (Lipinski definition) is 1. The van der Waals surface area contributed by atoms with Crippen LogP contribution in [0, 0.1) is 6.92 Å². The third kappa shape index (κ3) is 2.76. The highest BCUT2D eigenvalue weighted by Crippen LogP contribution is 2.26. The molecule has 2 aromatic rings. The van der Waals surface area contributed by atoms with Gasteiger partial charge in [0.05, 0.1) is 5.56 Å². The Morgan fingerprint density at radius 3 is 2.32 bits per heavy atom. The molecule has 98 valence electrons. The molecule has 0 amide bonds. The number of aryl methyl sites for hydroxylation is 1. The summed E-state index contributed by atoms with van der Waals surface area (Å²) in [4.78, 5) is 13.2. The molecule has 0 aliphatic heterocycles. The van der Waals surface area contributed by atoms with Crippen LogP contribution >= 0.6 is 0 Å². The molecule has 0 bridgehead atoms. The number of carboxylic acids is 1. The van der Waals surface area contributed by atoms with E-state index in [1.54, 1.807) is 6.07 Å². The summed E-state index contributed by atoms with van der Waals surface area (Å²) in [5.41, 5.74) is 3.25. The molecule has 0 spiro atoms. The molecule has 3 nitrogen and oxygen atoms in total. The topological polar surface area (TPSA) is 40.5 Å². The van der Waals surface area contributed by atoms with Crippen molar-refractivity contribution in [2.24, 2.45) is 0 Å². The van der Waals surface area contributed by atoms with E-state index < -0.39 is 5.97 Å². The van der Waals surface area contributed by atoms with E-state index in [0.29, 0.717) is 5.56 Å². The Hall–Kier alpha value is -2.29. The molecule has 0 saturated carbocycles. The second-order valence-corrected chi connectivity index (χ2v) is 4.38. The molecule has 0 atom stereocenters. The van der Waals surface area contributed by atoms with Crippen molar-refractivity contribution in [1.82, 2.24) is 0 Å². The maximum Gasteiger partial charge on any atom is 0.335 e. The van der Waals surface area contributed by atoms with Crippen LogP contribution in [0.25, 0.3) is 0 Å². The summed E-state index contributed by atoms with van der Waals surface area (Å²) in [6, 6.07) is 15.5. The Labute approximate surface area is 113 Å². The van der Waals surface area contributed by atoms with Crippen molar-refractivity contribution in [3.05, 3.63) is 59.7 Å². The van der Waals surface area contributed by atoms with Gasteiger partial charge in [0, 0.05) is 17.9 Å². The summed E-state index contributed by atoms with van der Waals surface area (Å²) in [5.74, 6) is -0.883. The molecule has 0 saturated heterocycles. The van der Waals surface area contributed by atoms with Gasteiger partial charge >= 0.3 is 5.97 Å². The molecule has 0 aliphatic carbocycles. The lowest BCUT2D eigenvalue weighted by atomic mass is 10.1. The standard InChI is InChI=1S/C16H17NO2/c1-3-17(13-7-5-4-6-8-13)14-9-10-15(16(18)19)12(2)11-14/h4-11H,3H2,1-2H3,(H,18,19). The lowest BCUT2D eigenvalue weighted by Crippen LogP contribution is -2.16. The van der Waals surface area contributed by atoms with Gasteiger partial charge in [0.1, 0.15) is 0 Å². The monoisotopic (exact) mass is 255 g/mol. The second-order valence-electron chi connectivity index (χ2n) is 4.38. The van der Waals surface area contributed by atoms with E-state index in [-0.39, 0.29) is 0 Å². The van der Waals surface area contributed by atoms with Crippen molar-refractivity contribution in [1.29, 1.82) is 0 Å². The van der Waals surface area contributed by atoms with Crippen molar-refractivity contribution >= 4 is 17.3 Å². The molecule has 0 radical (unpaired) electrons. The maximum atomic E-state index is 11.0. The SMILES string of the molecule is CCN(c1ccccc1)c1ccc(C(=O)O)c(C)c1. The molecule has 0 aromatic heterocycles. The molecule has 0 fully saturated rings. The lowest BCUT2D eigenvalue weighted by molar-refractivity contribution is 0.0696. The minimum Gasteiger partial charge on any atom is -0.478 e. The van der Waals surface area contributed by atoms with Crippen molar-refractivity contribution in [2.75, 3.05) is 11.4 Å². The van der Waals surface area contributed by atoms with Gasteiger partial charge in [0.2, 0.25) is 0 Å². The molecule has 2 aromatic carbocycles. The van der Waals surface area contributed by atoms with Crippen molar-refractivity contribution < 1.29 is 9.90 Å². The highest BCUT2D eigenvalue weighted by molar-refractivity contribution is 5.90. The highest BCUT2D eigenvalue weighted by Gasteiger charge is 2.11. The van der Waals surface area contributed by atoms with E-state index in [9.17, 15) is 4.79 Å². The smallest absolute Gasteiger partial charge is 0.335 e. The summed E-state index contributed by atoms with van der Waals surface area (Å²) in [6.45, 7) is 4.73. The second kappa shape index (κ2) is 5.57. The molecule has 0 unspecified atom stereocenters. The van der Waals surface area contributed by atoms with E-state index in [1.165, 1.54) is 0 Å².